The van der Waals surface area contributed by atoms with Gasteiger partial charge in [-0.2, -0.15) is 0 Å². The van der Waals surface area contributed by atoms with E-state index < -0.39 is 0 Å². The highest BCUT2D eigenvalue weighted by Crippen LogP contribution is 2.24. The van der Waals surface area contributed by atoms with Crippen molar-refractivity contribution in [3.63, 3.8) is 0 Å². The maximum atomic E-state index is 5.72. The van der Waals surface area contributed by atoms with E-state index in [9.17, 15) is 0 Å². The second-order valence-corrected chi connectivity index (χ2v) is 5.72. The first-order valence-electron chi connectivity index (χ1n) is 6.59. The van der Waals surface area contributed by atoms with Gasteiger partial charge >= 0.3 is 0 Å². The summed E-state index contributed by atoms with van der Waals surface area (Å²) in [6.45, 7) is 9.63. The normalized spacial score (nSPS) is 21.0. The summed E-state index contributed by atoms with van der Waals surface area (Å²) >= 11 is 0. The molecule has 1 saturated heterocycles. The highest BCUT2D eigenvalue weighted by Gasteiger charge is 2.24. The van der Waals surface area contributed by atoms with Crippen LogP contribution in [0.3, 0.4) is 0 Å². The molecule has 0 spiro atoms. The molecule has 1 unspecified atom stereocenters. The van der Waals surface area contributed by atoms with Gasteiger partial charge in [-0.25, -0.2) is 0 Å². The fourth-order valence-corrected chi connectivity index (χ4v) is 2.38. The van der Waals surface area contributed by atoms with Gasteiger partial charge in [-0.3, -0.25) is 0 Å². The Morgan fingerprint density at radius 1 is 1.47 bits per heavy atom. The van der Waals surface area contributed by atoms with Crippen molar-refractivity contribution in [2.24, 2.45) is 0 Å². The first-order valence-corrected chi connectivity index (χ1v) is 6.59. The van der Waals surface area contributed by atoms with E-state index in [1.54, 1.807) is 0 Å². The van der Waals surface area contributed by atoms with E-state index in [0.717, 1.165) is 24.6 Å². The molecule has 1 aromatic rings. The van der Waals surface area contributed by atoms with E-state index in [0.29, 0.717) is 6.04 Å². The van der Waals surface area contributed by atoms with E-state index in [1.165, 1.54) is 19.4 Å². The summed E-state index contributed by atoms with van der Waals surface area (Å²) in [5.41, 5.74) is 0.0624. The quantitative estimate of drug-likeness (QED) is 0.823. The molecule has 96 valence electrons. The van der Waals surface area contributed by atoms with Gasteiger partial charge in [0, 0.05) is 24.5 Å². The van der Waals surface area contributed by atoms with Crippen LogP contribution in [0.15, 0.2) is 16.5 Å². The zero-order valence-corrected chi connectivity index (χ0v) is 11.2. The molecule has 17 heavy (non-hydrogen) atoms. The van der Waals surface area contributed by atoms with E-state index in [-0.39, 0.29) is 5.41 Å². The molecule has 0 amide bonds. The van der Waals surface area contributed by atoms with Crippen molar-refractivity contribution in [2.75, 3.05) is 19.6 Å². The van der Waals surface area contributed by atoms with Crippen LogP contribution in [-0.4, -0.2) is 25.7 Å². The summed E-state index contributed by atoms with van der Waals surface area (Å²) in [4.78, 5) is 0. The van der Waals surface area contributed by atoms with Gasteiger partial charge in [0.15, 0.2) is 0 Å². The van der Waals surface area contributed by atoms with E-state index in [4.69, 9.17) is 4.42 Å². The molecule has 0 saturated carbocycles. The summed E-state index contributed by atoms with van der Waals surface area (Å²) in [7, 11) is 0. The molecule has 0 aliphatic carbocycles. The lowest BCUT2D eigenvalue weighted by atomic mass is 9.90. The minimum Gasteiger partial charge on any atom is -0.466 e. The Bertz CT molecular complexity index is 351. The SMILES string of the molecule is Cc1ccc(C(C)(C)CNCC2CCCN2)o1. The molecule has 1 aliphatic heterocycles. The highest BCUT2D eigenvalue weighted by molar-refractivity contribution is 5.15. The number of aryl methyl sites for hydroxylation is 1. The van der Waals surface area contributed by atoms with Crippen LogP contribution in [0.2, 0.25) is 0 Å². The lowest BCUT2D eigenvalue weighted by Gasteiger charge is -2.23. The molecule has 0 aromatic carbocycles. The fraction of sp³-hybridized carbons (Fsp3) is 0.714. The molecule has 2 rings (SSSR count). The zero-order valence-electron chi connectivity index (χ0n) is 11.2. The molecular formula is C14H24N2O. The predicted molar refractivity (Wildman–Crippen MR) is 70.4 cm³/mol. The van der Waals surface area contributed by atoms with Gasteiger partial charge in [-0.1, -0.05) is 13.8 Å². The summed E-state index contributed by atoms with van der Waals surface area (Å²) in [6, 6.07) is 4.78. The lowest BCUT2D eigenvalue weighted by molar-refractivity contribution is 0.352. The molecule has 0 radical (unpaired) electrons. The van der Waals surface area contributed by atoms with Gasteiger partial charge in [-0.15, -0.1) is 0 Å². The van der Waals surface area contributed by atoms with Crippen LogP contribution in [0.1, 0.15) is 38.2 Å². The van der Waals surface area contributed by atoms with E-state index in [1.807, 2.05) is 13.0 Å². The molecule has 1 aliphatic rings. The molecule has 3 heteroatoms. The third-order valence-electron chi connectivity index (χ3n) is 3.53. The Kier molecular flexibility index (Phi) is 3.89. The average molecular weight is 236 g/mol. The standard InChI is InChI=1S/C14H24N2O/c1-11-6-7-13(17-11)14(2,3)10-15-9-12-5-4-8-16-12/h6-7,12,15-16H,4-5,8-10H2,1-3H3. The first kappa shape index (κ1) is 12.7. The number of rotatable bonds is 5. The number of furan rings is 1. The monoisotopic (exact) mass is 236 g/mol. The van der Waals surface area contributed by atoms with Crippen LogP contribution in [0.5, 0.6) is 0 Å². The summed E-state index contributed by atoms with van der Waals surface area (Å²) in [5.74, 6) is 2.06. The first-order chi connectivity index (χ1) is 8.08. The third kappa shape index (κ3) is 3.33. The Hall–Kier alpha value is -0.800. The summed E-state index contributed by atoms with van der Waals surface area (Å²) < 4.78 is 5.72. The Balaban J connectivity index is 1.80. The smallest absolute Gasteiger partial charge is 0.111 e. The van der Waals surface area contributed by atoms with Crippen LogP contribution in [0.25, 0.3) is 0 Å². The minimum atomic E-state index is 0.0624. The molecule has 1 fully saturated rings. The summed E-state index contributed by atoms with van der Waals surface area (Å²) in [5, 5.41) is 7.05. The Morgan fingerprint density at radius 3 is 2.88 bits per heavy atom. The van der Waals surface area contributed by atoms with Crippen molar-refractivity contribution in [1.82, 2.24) is 10.6 Å². The molecule has 3 nitrogen and oxygen atoms in total. The van der Waals surface area contributed by atoms with Crippen LogP contribution in [-0.2, 0) is 5.41 Å². The van der Waals surface area contributed by atoms with Crippen LogP contribution in [0, 0.1) is 6.92 Å². The number of hydrogen-bond donors (Lipinski definition) is 2. The second-order valence-electron chi connectivity index (χ2n) is 5.72. The van der Waals surface area contributed by atoms with Crippen molar-refractivity contribution in [3.8, 4) is 0 Å². The van der Waals surface area contributed by atoms with E-state index >= 15 is 0 Å². The molecule has 2 N–H and O–H groups in total. The maximum absolute atomic E-state index is 5.72. The minimum absolute atomic E-state index is 0.0624. The van der Waals surface area contributed by atoms with E-state index in [2.05, 4.69) is 30.5 Å². The van der Waals surface area contributed by atoms with Crippen LogP contribution >= 0.6 is 0 Å². The van der Waals surface area contributed by atoms with Gasteiger partial charge < -0.3 is 15.1 Å². The van der Waals surface area contributed by atoms with Gasteiger partial charge in [0.25, 0.3) is 0 Å². The molecule has 2 heterocycles. The number of hydrogen-bond acceptors (Lipinski definition) is 3. The fourth-order valence-electron chi connectivity index (χ4n) is 2.38. The van der Waals surface area contributed by atoms with Crippen molar-refractivity contribution in [1.29, 1.82) is 0 Å². The zero-order chi connectivity index (χ0) is 12.3. The molecule has 1 aromatic heterocycles. The Labute approximate surface area is 104 Å². The summed E-state index contributed by atoms with van der Waals surface area (Å²) in [6.07, 6.45) is 2.61. The topological polar surface area (TPSA) is 37.2 Å². The highest BCUT2D eigenvalue weighted by atomic mass is 16.3. The van der Waals surface area contributed by atoms with Gasteiger partial charge in [0.05, 0.1) is 0 Å². The van der Waals surface area contributed by atoms with Gasteiger partial charge in [0.1, 0.15) is 11.5 Å². The maximum Gasteiger partial charge on any atom is 0.111 e. The van der Waals surface area contributed by atoms with Crippen LogP contribution < -0.4 is 10.6 Å². The Morgan fingerprint density at radius 2 is 2.29 bits per heavy atom. The molecule has 1 atom stereocenters. The lowest BCUT2D eigenvalue weighted by Crippen LogP contribution is -2.39. The van der Waals surface area contributed by atoms with Crippen molar-refractivity contribution in [2.45, 2.75) is 45.1 Å². The molecular weight excluding hydrogens is 212 g/mol. The average Bonchev–Trinajstić information content (AvgIpc) is 2.89. The van der Waals surface area contributed by atoms with Gasteiger partial charge in [-0.05, 0) is 38.4 Å². The molecule has 0 bridgehead atoms. The third-order valence-corrected chi connectivity index (χ3v) is 3.53. The number of nitrogens with one attached hydrogen (secondary N) is 2. The van der Waals surface area contributed by atoms with Crippen molar-refractivity contribution >= 4 is 0 Å². The van der Waals surface area contributed by atoms with Crippen molar-refractivity contribution < 1.29 is 4.42 Å². The second kappa shape index (κ2) is 5.23. The van der Waals surface area contributed by atoms with Crippen LogP contribution in [0.4, 0.5) is 0 Å². The van der Waals surface area contributed by atoms with Gasteiger partial charge in [0.2, 0.25) is 0 Å². The largest absolute Gasteiger partial charge is 0.466 e. The van der Waals surface area contributed by atoms with Crippen molar-refractivity contribution in [3.05, 3.63) is 23.7 Å². The predicted octanol–water partition coefficient (Wildman–Crippen LogP) is 2.21.